The molecule has 2 heterocycles. The lowest BCUT2D eigenvalue weighted by atomic mass is 10.1. The van der Waals surface area contributed by atoms with E-state index in [0.29, 0.717) is 22.3 Å². The monoisotopic (exact) mass is 296 g/mol. The molecule has 6 nitrogen and oxygen atoms in total. The van der Waals surface area contributed by atoms with E-state index in [1.807, 2.05) is 0 Å². The van der Waals surface area contributed by atoms with Gasteiger partial charge >= 0.3 is 5.63 Å². The average molecular weight is 296 g/mol. The van der Waals surface area contributed by atoms with E-state index in [1.54, 1.807) is 36.4 Å². The van der Waals surface area contributed by atoms with Crippen molar-refractivity contribution in [3.05, 3.63) is 64.8 Å². The minimum absolute atomic E-state index is 0.0560. The van der Waals surface area contributed by atoms with Crippen molar-refractivity contribution in [2.45, 2.75) is 0 Å². The van der Waals surface area contributed by atoms with Crippen molar-refractivity contribution in [3.63, 3.8) is 0 Å². The van der Waals surface area contributed by atoms with E-state index in [-0.39, 0.29) is 5.76 Å². The number of carbonyl (C=O) groups excluding carboxylic acids is 1. The summed E-state index contributed by atoms with van der Waals surface area (Å²) in [7, 11) is 1.50. The Morgan fingerprint density at radius 3 is 2.77 bits per heavy atom. The molecule has 0 aliphatic heterocycles. The minimum atomic E-state index is -0.545. The van der Waals surface area contributed by atoms with Crippen molar-refractivity contribution in [2.24, 2.45) is 0 Å². The van der Waals surface area contributed by atoms with Crippen molar-refractivity contribution in [1.29, 1.82) is 0 Å². The number of aromatic nitrogens is 1. The van der Waals surface area contributed by atoms with Crippen LogP contribution in [0.5, 0.6) is 5.88 Å². The van der Waals surface area contributed by atoms with E-state index in [1.165, 1.54) is 19.4 Å². The van der Waals surface area contributed by atoms with E-state index in [0.717, 1.165) is 0 Å². The Balaban J connectivity index is 1.89. The zero-order valence-electron chi connectivity index (χ0n) is 11.7. The standard InChI is InChI=1S/C16H12N2O4/c1-21-14-7-6-11(9-17-14)18-15(19)13-8-10-4-2-3-5-12(10)16(20)22-13/h2-9H,1H3,(H,18,19). The van der Waals surface area contributed by atoms with Gasteiger partial charge in [0, 0.05) is 6.07 Å². The quantitative estimate of drug-likeness (QED) is 0.803. The first-order valence-electron chi connectivity index (χ1n) is 6.51. The van der Waals surface area contributed by atoms with Crippen LogP contribution >= 0.6 is 0 Å². The molecule has 1 amide bonds. The second-order valence-corrected chi connectivity index (χ2v) is 4.53. The third-order valence-electron chi connectivity index (χ3n) is 3.10. The number of anilines is 1. The van der Waals surface area contributed by atoms with Gasteiger partial charge in [-0.2, -0.15) is 0 Å². The number of fused-ring (bicyclic) bond motifs is 1. The van der Waals surface area contributed by atoms with Crippen LogP contribution in [0.1, 0.15) is 10.6 Å². The van der Waals surface area contributed by atoms with Crippen molar-refractivity contribution >= 4 is 22.4 Å². The maximum atomic E-state index is 12.2. The molecular weight excluding hydrogens is 284 g/mol. The van der Waals surface area contributed by atoms with Gasteiger partial charge in [-0.05, 0) is 23.6 Å². The zero-order chi connectivity index (χ0) is 15.5. The van der Waals surface area contributed by atoms with E-state index >= 15 is 0 Å². The number of pyridine rings is 1. The number of amides is 1. The Kier molecular flexibility index (Phi) is 3.57. The number of carbonyl (C=O) groups is 1. The van der Waals surface area contributed by atoms with Crippen molar-refractivity contribution in [1.82, 2.24) is 4.98 Å². The Hall–Kier alpha value is -3.15. The van der Waals surface area contributed by atoms with E-state index in [2.05, 4.69) is 10.3 Å². The van der Waals surface area contributed by atoms with Gasteiger partial charge in [0.05, 0.1) is 24.4 Å². The molecule has 0 radical (unpaired) electrons. The summed E-state index contributed by atoms with van der Waals surface area (Å²) in [6, 6.07) is 11.7. The first-order valence-corrected chi connectivity index (χ1v) is 6.51. The molecule has 3 aromatic rings. The van der Waals surface area contributed by atoms with Crippen LogP contribution in [0.2, 0.25) is 0 Å². The zero-order valence-corrected chi connectivity index (χ0v) is 11.7. The lowest BCUT2D eigenvalue weighted by Crippen LogP contribution is -2.15. The molecular formula is C16H12N2O4. The molecule has 0 unspecified atom stereocenters. The summed E-state index contributed by atoms with van der Waals surface area (Å²) in [5, 5.41) is 3.70. The molecule has 22 heavy (non-hydrogen) atoms. The van der Waals surface area contributed by atoms with Gasteiger partial charge < -0.3 is 14.5 Å². The SMILES string of the molecule is COc1ccc(NC(=O)c2cc3ccccc3c(=O)o2)cn1. The number of hydrogen-bond acceptors (Lipinski definition) is 5. The Bertz CT molecular complexity index is 885. The Morgan fingerprint density at radius 2 is 2.05 bits per heavy atom. The third-order valence-corrected chi connectivity index (χ3v) is 3.10. The molecule has 0 spiro atoms. The van der Waals surface area contributed by atoms with Gasteiger partial charge in [0.2, 0.25) is 5.88 Å². The van der Waals surface area contributed by atoms with Crippen LogP contribution in [-0.2, 0) is 0 Å². The highest BCUT2D eigenvalue weighted by Crippen LogP contribution is 2.15. The van der Waals surface area contributed by atoms with Gasteiger partial charge in [0.15, 0.2) is 5.76 Å². The van der Waals surface area contributed by atoms with Crippen molar-refractivity contribution < 1.29 is 13.9 Å². The summed E-state index contributed by atoms with van der Waals surface area (Å²) in [5.74, 6) is -0.135. The van der Waals surface area contributed by atoms with Gasteiger partial charge in [0.1, 0.15) is 0 Å². The number of methoxy groups -OCH3 is 1. The summed E-state index contributed by atoms with van der Waals surface area (Å²) in [4.78, 5) is 28.0. The summed E-state index contributed by atoms with van der Waals surface area (Å²) in [6.45, 7) is 0. The molecule has 2 aromatic heterocycles. The number of nitrogens with zero attached hydrogens (tertiary/aromatic N) is 1. The largest absolute Gasteiger partial charge is 0.481 e. The Labute approximate surface area is 125 Å². The van der Waals surface area contributed by atoms with Gasteiger partial charge in [-0.3, -0.25) is 4.79 Å². The van der Waals surface area contributed by atoms with Crippen LogP contribution in [0.3, 0.4) is 0 Å². The molecule has 0 fully saturated rings. The molecule has 3 rings (SSSR count). The molecule has 6 heteroatoms. The maximum absolute atomic E-state index is 12.2. The smallest absolute Gasteiger partial charge is 0.344 e. The second kappa shape index (κ2) is 5.69. The summed E-state index contributed by atoms with van der Waals surface area (Å²) in [6.07, 6.45) is 1.45. The minimum Gasteiger partial charge on any atom is -0.481 e. The molecule has 1 aromatic carbocycles. The normalized spacial score (nSPS) is 10.4. The molecule has 0 bridgehead atoms. The Morgan fingerprint density at radius 1 is 1.23 bits per heavy atom. The predicted molar refractivity (Wildman–Crippen MR) is 81.2 cm³/mol. The second-order valence-electron chi connectivity index (χ2n) is 4.53. The fourth-order valence-electron chi connectivity index (χ4n) is 2.01. The van der Waals surface area contributed by atoms with E-state index in [4.69, 9.17) is 9.15 Å². The fourth-order valence-corrected chi connectivity index (χ4v) is 2.01. The first kappa shape index (κ1) is 13.8. The highest BCUT2D eigenvalue weighted by molar-refractivity contribution is 6.03. The van der Waals surface area contributed by atoms with Crippen LogP contribution in [0.15, 0.2) is 57.9 Å². The summed E-state index contributed by atoms with van der Waals surface area (Å²) >= 11 is 0. The van der Waals surface area contributed by atoms with Crippen LogP contribution in [0, 0.1) is 0 Å². The van der Waals surface area contributed by atoms with Crippen LogP contribution in [0.25, 0.3) is 10.8 Å². The molecule has 0 atom stereocenters. The van der Waals surface area contributed by atoms with E-state index in [9.17, 15) is 9.59 Å². The average Bonchev–Trinajstić information content (AvgIpc) is 2.55. The lowest BCUT2D eigenvalue weighted by molar-refractivity contribution is 0.0993. The van der Waals surface area contributed by atoms with E-state index < -0.39 is 11.5 Å². The lowest BCUT2D eigenvalue weighted by Gasteiger charge is -2.05. The van der Waals surface area contributed by atoms with Crippen molar-refractivity contribution in [3.8, 4) is 5.88 Å². The van der Waals surface area contributed by atoms with Gasteiger partial charge in [-0.1, -0.05) is 18.2 Å². The third kappa shape index (κ3) is 2.67. The van der Waals surface area contributed by atoms with Crippen LogP contribution < -0.4 is 15.7 Å². The number of hydrogen-bond donors (Lipinski definition) is 1. The summed E-state index contributed by atoms with van der Waals surface area (Å²) < 4.78 is 10.00. The molecule has 0 aliphatic carbocycles. The highest BCUT2D eigenvalue weighted by atomic mass is 16.5. The highest BCUT2D eigenvalue weighted by Gasteiger charge is 2.12. The van der Waals surface area contributed by atoms with Gasteiger partial charge in [-0.15, -0.1) is 0 Å². The van der Waals surface area contributed by atoms with Gasteiger partial charge in [0.25, 0.3) is 5.91 Å². The molecule has 110 valence electrons. The molecule has 1 N–H and O–H groups in total. The molecule has 0 aliphatic rings. The van der Waals surface area contributed by atoms with Gasteiger partial charge in [-0.25, -0.2) is 9.78 Å². The number of ether oxygens (including phenoxy) is 1. The molecule has 0 saturated carbocycles. The molecule has 0 saturated heterocycles. The van der Waals surface area contributed by atoms with Crippen molar-refractivity contribution in [2.75, 3.05) is 12.4 Å². The van der Waals surface area contributed by atoms with Crippen LogP contribution in [0.4, 0.5) is 5.69 Å². The number of benzene rings is 1. The predicted octanol–water partition coefficient (Wildman–Crippen LogP) is 2.45. The fraction of sp³-hybridized carbons (Fsp3) is 0.0625. The topological polar surface area (TPSA) is 81.4 Å². The summed E-state index contributed by atoms with van der Waals surface area (Å²) in [5.41, 5.74) is -0.0716. The first-order chi connectivity index (χ1) is 10.7. The number of nitrogens with one attached hydrogen (secondary N) is 1. The number of rotatable bonds is 3. The maximum Gasteiger partial charge on any atom is 0.344 e. The van der Waals surface area contributed by atoms with Crippen LogP contribution in [-0.4, -0.2) is 18.0 Å².